The van der Waals surface area contributed by atoms with E-state index in [2.05, 4.69) is 16.8 Å². The second kappa shape index (κ2) is 7.30. The monoisotopic (exact) mass is 307 g/mol. The third kappa shape index (κ3) is 3.97. The molecule has 2 nitrogen and oxygen atoms in total. The van der Waals surface area contributed by atoms with Gasteiger partial charge < -0.3 is 5.11 Å². The Morgan fingerprint density at radius 1 is 1.35 bits per heavy atom. The molecule has 0 aliphatic rings. The van der Waals surface area contributed by atoms with Gasteiger partial charge in [0.25, 0.3) is 0 Å². The zero-order valence-corrected chi connectivity index (χ0v) is 12.0. The van der Waals surface area contributed by atoms with E-state index in [1.165, 1.54) is 17.8 Å². The van der Waals surface area contributed by atoms with Crippen molar-refractivity contribution in [2.45, 2.75) is 10.8 Å². The molecule has 20 heavy (non-hydrogen) atoms. The van der Waals surface area contributed by atoms with Gasteiger partial charge in [-0.3, -0.25) is 0 Å². The molecule has 0 saturated carbocycles. The number of aromatic nitrogens is 1. The summed E-state index contributed by atoms with van der Waals surface area (Å²) in [6.45, 7) is -0.239. The van der Waals surface area contributed by atoms with Crippen LogP contribution in [0.3, 0.4) is 0 Å². The van der Waals surface area contributed by atoms with Crippen molar-refractivity contribution < 1.29 is 9.50 Å². The smallest absolute Gasteiger partial charge is 0.128 e. The van der Waals surface area contributed by atoms with Gasteiger partial charge in [0.1, 0.15) is 17.5 Å². The normalized spacial score (nSPS) is 9.95. The van der Waals surface area contributed by atoms with E-state index in [-0.39, 0.29) is 12.4 Å². The predicted molar refractivity (Wildman–Crippen MR) is 79.2 cm³/mol. The predicted octanol–water partition coefficient (Wildman–Crippen LogP) is 3.51. The Morgan fingerprint density at radius 2 is 2.20 bits per heavy atom. The lowest BCUT2D eigenvalue weighted by Gasteiger charge is -2.04. The summed E-state index contributed by atoms with van der Waals surface area (Å²) in [5.41, 5.74) is 1.10. The first kappa shape index (κ1) is 14.9. The van der Waals surface area contributed by atoms with Gasteiger partial charge in [-0.15, -0.1) is 11.8 Å². The highest BCUT2D eigenvalue weighted by atomic mass is 35.5. The zero-order chi connectivity index (χ0) is 14.4. The van der Waals surface area contributed by atoms with Crippen LogP contribution in [0.1, 0.15) is 11.1 Å². The van der Waals surface area contributed by atoms with Crippen molar-refractivity contribution in [1.29, 1.82) is 0 Å². The van der Waals surface area contributed by atoms with Gasteiger partial charge in [0.05, 0.1) is 5.02 Å². The first-order chi connectivity index (χ1) is 9.70. The van der Waals surface area contributed by atoms with Crippen molar-refractivity contribution in [3.63, 3.8) is 0 Å². The van der Waals surface area contributed by atoms with E-state index < -0.39 is 0 Å². The van der Waals surface area contributed by atoms with Gasteiger partial charge in [-0.25, -0.2) is 9.37 Å². The van der Waals surface area contributed by atoms with Gasteiger partial charge >= 0.3 is 0 Å². The Balaban J connectivity index is 2.09. The number of hydrogen-bond acceptors (Lipinski definition) is 3. The minimum Gasteiger partial charge on any atom is -0.384 e. The largest absolute Gasteiger partial charge is 0.384 e. The molecule has 1 aromatic carbocycles. The van der Waals surface area contributed by atoms with Crippen molar-refractivity contribution in [2.24, 2.45) is 0 Å². The van der Waals surface area contributed by atoms with Crippen molar-refractivity contribution in [3.8, 4) is 11.8 Å². The highest BCUT2D eigenvalue weighted by Gasteiger charge is 2.06. The molecule has 0 bridgehead atoms. The summed E-state index contributed by atoms with van der Waals surface area (Å²) < 4.78 is 13.9. The lowest BCUT2D eigenvalue weighted by molar-refractivity contribution is 0.350. The Hall–Kier alpha value is -1.54. The molecule has 0 atom stereocenters. The third-order valence-electron chi connectivity index (χ3n) is 2.45. The van der Waals surface area contributed by atoms with Crippen LogP contribution in [0.5, 0.6) is 0 Å². The first-order valence-corrected chi connectivity index (χ1v) is 7.18. The van der Waals surface area contributed by atoms with Gasteiger partial charge in [-0.1, -0.05) is 29.5 Å². The summed E-state index contributed by atoms with van der Waals surface area (Å²) in [5.74, 6) is 5.26. The van der Waals surface area contributed by atoms with Gasteiger partial charge in [-0.05, 0) is 29.8 Å². The van der Waals surface area contributed by atoms with Crippen LogP contribution in [0, 0.1) is 17.7 Å². The Kier molecular flexibility index (Phi) is 5.42. The second-order valence-corrected chi connectivity index (χ2v) is 5.22. The van der Waals surface area contributed by atoms with Crippen LogP contribution in [0.25, 0.3) is 0 Å². The number of rotatable bonds is 3. The number of aliphatic hydroxyl groups is 1. The molecule has 0 radical (unpaired) electrons. The molecular weight excluding hydrogens is 297 g/mol. The van der Waals surface area contributed by atoms with E-state index in [0.717, 1.165) is 0 Å². The van der Waals surface area contributed by atoms with E-state index in [1.54, 1.807) is 30.5 Å². The Morgan fingerprint density at radius 3 is 2.90 bits per heavy atom. The summed E-state index contributed by atoms with van der Waals surface area (Å²) in [5, 5.41) is 9.83. The highest BCUT2D eigenvalue weighted by Crippen LogP contribution is 2.28. The summed E-state index contributed by atoms with van der Waals surface area (Å²) in [4.78, 5) is 4.14. The van der Waals surface area contributed by atoms with E-state index in [4.69, 9.17) is 16.7 Å². The topological polar surface area (TPSA) is 33.1 Å². The fourth-order valence-electron chi connectivity index (χ4n) is 1.51. The molecule has 0 unspecified atom stereocenters. The van der Waals surface area contributed by atoms with Crippen molar-refractivity contribution in [1.82, 2.24) is 4.98 Å². The molecule has 0 amide bonds. The van der Waals surface area contributed by atoms with Crippen LogP contribution in [-0.2, 0) is 5.75 Å². The standard InChI is InChI=1S/C15H11ClFNOS/c16-13-4-1-7-18-15(13)20-10-12-6-5-11(3-2-8-19)9-14(12)17/h1,4-7,9,19H,8,10H2. The van der Waals surface area contributed by atoms with E-state index in [9.17, 15) is 4.39 Å². The van der Waals surface area contributed by atoms with Crippen LogP contribution >= 0.6 is 23.4 Å². The first-order valence-electron chi connectivity index (χ1n) is 5.82. The Labute approximate surface area is 126 Å². The van der Waals surface area contributed by atoms with Crippen LogP contribution in [0.2, 0.25) is 5.02 Å². The number of hydrogen-bond donors (Lipinski definition) is 1. The second-order valence-electron chi connectivity index (χ2n) is 3.85. The average molecular weight is 308 g/mol. The quantitative estimate of drug-likeness (QED) is 0.696. The van der Waals surface area contributed by atoms with Crippen LogP contribution in [-0.4, -0.2) is 16.7 Å². The minimum absolute atomic E-state index is 0.239. The maximum Gasteiger partial charge on any atom is 0.128 e. The molecule has 102 valence electrons. The maximum absolute atomic E-state index is 13.9. The molecule has 0 aliphatic carbocycles. The van der Waals surface area contributed by atoms with Crippen LogP contribution in [0.15, 0.2) is 41.6 Å². The lowest BCUT2D eigenvalue weighted by atomic mass is 10.1. The van der Waals surface area contributed by atoms with Gasteiger partial charge in [0, 0.05) is 17.5 Å². The van der Waals surface area contributed by atoms with E-state index >= 15 is 0 Å². The molecule has 2 rings (SSSR count). The molecule has 0 saturated heterocycles. The number of aliphatic hydroxyl groups excluding tert-OH is 1. The number of halogens is 2. The summed E-state index contributed by atoms with van der Waals surface area (Å²) in [7, 11) is 0. The number of pyridine rings is 1. The molecular formula is C15H11ClFNOS. The van der Waals surface area contributed by atoms with Crippen LogP contribution in [0.4, 0.5) is 4.39 Å². The molecule has 0 fully saturated rings. The lowest BCUT2D eigenvalue weighted by Crippen LogP contribution is -1.90. The molecule has 1 aromatic heterocycles. The molecule has 1 N–H and O–H groups in total. The molecule has 1 heterocycles. The van der Waals surface area contributed by atoms with Gasteiger partial charge in [0.15, 0.2) is 0 Å². The van der Waals surface area contributed by atoms with Crippen molar-refractivity contribution in [3.05, 3.63) is 58.5 Å². The summed E-state index contributed by atoms with van der Waals surface area (Å²) >= 11 is 7.37. The fourth-order valence-corrected chi connectivity index (χ4v) is 2.66. The number of benzene rings is 1. The average Bonchev–Trinajstić information content (AvgIpc) is 2.45. The third-order valence-corrected chi connectivity index (χ3v) is 3.93. The molecule has 0 spiro atoms. The van der Waals surface area contributed by atoms with Gasteiger partial charge in [-0.2, -0.15) is 0 Å². The maximum atomic E-state index is 13.9. The van der Waals surface area contributed by atoms with Crippen molar-refractivity contribution in [2.75, 3.05) is 6.61 Å². The summed E-state index contributed by atoms with van der Waals surface area (Å²) in [6, 6.07) is 8.27. The number of thioether (sulfide) groups is 1. The Bertz CT molecular complexity index is 666. The van der Waals surface area contributed by atoms with Crippen LogP contribution < -0.4 is 0 Å². The fraction of sp³-hybridized carbons (Fsp3) is 0.133. The van der Waals surface area contributed by atoms with E-state index in [1.807, 2.05) is 0 Å². The minimum atomic E-state index is -0.325. The molecule has 5 heteroatoms. The summed E-state index contributed by atoms with van der Waals surface area (Å²) in [6.07, 6.45) is 1.65. The molecule has 0 aliphatic heterocycles. The zero-order valence-electron chi connectivity index (χ0n) is 10.4. The highest BCUT2D eigenvalue weighted by molar-refractivity contribution is 7.98. The van der Waals surface area contributed by atoms with Crippen molar-refractivity contribution >= 4 is 23.4 Å². The van der Waals surface area contributed by atoms with Gasteiger partial charge in [0.2, 0.25) is 0 Å². The SMILES string of the molecule is OCC#Cc1ccc(CSc2ncccc2Cl)c(F)c1. The number of nitrogens with zero attached hydrogens (tertiary/aromatic N) is 1. The molecule has 2 aromatic rings. The van der Waals surface area contributed by atoms with E-state index in [0.29, 0.717) is 26.9 Å².